The second kappa shape index (κ2) is 4.47. The van der Waals surface area contributed by atoms with Crippen molar-refractivity contribution in [3.63, 3.8) is 0 Å². The molecular formula is C10H20N6. The van der Waals surface area contributed by atoms with Crippen molar-refractivity contribution in [2.75, 3.05) is 20.6 Å². The van der Waals surface area contributed by atoms with Crippen LogP contribution in [0.3, 0.4) is 0 Å². The van der Waals surface area contributed by atoms with Gasteiger partial charge in [-0.1, -0.05) is 0 Å². The van der Waals surface area contributed by atoms with E-state index in [1.807, 2.05) is 0 Å². The second-order valence-corrected chi connectivity index (χ2v) is 4.77. The van der Waals surface area contributed by atoms with Crippen LogP contribution in [0.1, 0.15) is 25.1 Å². The molecule has 0 radical (unpaired) electrons. The summed E-state index contributed by atoms with van der Waals surface area (Å²) in [7, 11) is 6.09. The Balaban J connectivity index is 1.79. The molecule has 0 atom stereocenters. The van der Waals surface area contributed by atoms with Crippen LogP contribution in [0.25, 0.3) is 0 Å². The van der Waals surface area contributed by atoms with Gasteiger partial charge in [-0.3, -0.25) is 0 Å². The SMILES string of the molecule is CN(C)C1(CNCc2nnn(C)n2)CCC1. The number of rotatable bonds is 5. The number of likely N-dealkylation sites (N-methyl/N-ethyl adjacent to an activating group) is 1. The molecule has 6 heteroatoms. The van der Waals surface area contributed by atoms with E-state index in [2.05, 4.69) is 39.7 Å². The lowest BCUT2D eigenvalue weighted by molar-refractivity contribution is 0.0596. The summed E-state index contributed by atoms with van der Waals surface area (Å²) in [5, 5.41) is 15.3. The zero-order valence-electron chi connectivity index (χ0n) is 10.3. The quantitative estimate of drug-likeness (QED) is 0.749. The van der Waals surface area contributed by atoms with Gasteiger partial charge in [0.1, 0.15) is 0 Å². The van der Waals surface area contributed by atoms with Crippen LogP contribution in [-0.2, 0) is 13.6 Å². The first-order valence-corrected chi connectivity index (χ1v) is 5.73. The molecule has 1 aliphatic rings. The van der Waals surface area contributed by atoms with Crippen molar-refractivity contribution in [3.05, 3.63) is 5.82 Å². The molecule has 16 heavy (non-hydrogen) atoms. The van der Waals surface area contributed by atoms with E-state index >= 15 is 0 Å². The third-order valence-electron chi connectivity index (χ3n) is 3.52. The Morgan fingerprint density at radius 2 is 2.19 bits per heavy atom. The zero-order chi connectivity index (χ0) is 11.6. The maximum absolute atomic E-state index is 4.14. The van der Waals surface area contributed by atoms with Crippen LogP contribution in [0.5, 0.6) is 0 Å². The maximum atomic E-state index is 4.14. The van der Waals surface area contributed by atoms with Gasteiger partial charge < -0.3 is 10.2 Å². The molecule has 1 heterocycles. The Bertz CT molecular complexity index is 341. The van der Waals surface area contributed by atoms with Gasteiger partial charge >= 0.3 is 0 Å². The average molecular weight is 224 g/mol. The van der Waals surface area contributed by atoms with Crippen molar-refractivity contribution in [1.82, 2.24) is 30.4 Å². The minimum Gasteiger partial charge on any atom is -0.308 e. The molecule has 1 saturated carbocycles. The van der Waals surface area contributed by atoms with Crippen LogP contribution in [-0.4, -0.2) is 51.3 Å². The first-order valence-electron chi connectivity index (χ1n) is 5.73. The molecule has 2 rings (SSSR count). The lowest BCUT2D eigenvalue weighted by Crippen LogP contribution is -2.56. The standard InChI is InChI=1S/C10H20N6/c1-15(2)10(5-4-6-10)8-11-7-9-12-14-16(3)13-9/h11H,4-8H2,1-3H3. The van der Waals surface area contributed by atoms with Crippen molar-refractivity contribution in [2.24, 2.45) is 7.05 Å². The Hall–Kier alpha value is -1.01. The van der Waals surface area contributed by atoms with E-state index in [1.165, 1.54) is 24.1 Å². The van der Waals surface area contributed by atoms with E-state index in [9.17, 15) is 0 Å². The van der Waals surface area contributed by atoms with Crippen molar-refractivity contribution in [1.29, 1.82) is 0 Å². The summed E-state index contributed by atoms with van der Waals surface area (Å²) in [6.45, 7) is 1.70. The molecule has 0 amide bonds. The summed E-state index contributed by atoms with van der Waals surface area (Å²) in [4.78, 5) is 3.82. The predicted octanol–water partition coefficient (Wildman–Crippen LogP) is -0.216. The maximum Gasteiger partial charge on any atom is 0.188 e. The number of nitrogens with zero attached hydrogens (tertiary/aromatic N) is 5. The first kappa shape index (κ1) is 11.5. The third kappa shape index (κ3) is 2.22. The van der Waals surface area contributed by atoms with Crippen LogP contribution in [0.4, 0.5) is 0 Å². The molecule has 0 aromatic carbocycles. The monoisotopic (exact) mass is 224 g/mol. The van der Waals surface area contributed by atoms with E-state index in [0.29, 0.717) is 12.1 Å². The van der Waals surface area contributed by atoms with Crippen LogP contribution in [0.2, 0.25) is 0 Å². The van der Waals surface area contributed by atoms with Gasteiger partial charge in [0.05, 0.1) is 13.6 Å². The van der Waals surface area contributed by atoms with Gasteiger partial charge in [0.2, 0.25) is 0 Å². The van der Waals surface area contributed by atoms with Gasteiger partial charge in [-0.2, -0.15) is 4.80 Å². The van der Waals surface area contributed by atoms with Crippen molar-refractivity contribution in [2.45, 2.75) is 31.3 Å². The molecule has 0 saturated heterocycles. The van der Waals surface area contributed by atoms with Crippen LogP contribution in [0.15, 0.2) is 0 Å². The van der Waals surface area contributed by atoms with Gasteiger partial charge in [0.25, 0.3) is 0 Å². The largest absolute Gasteiger partial charge is 0.308 e. The summed E-state index contributed by atoms with van der Waals surface area (Å²) in [6.07, 6.45) is 3.89. The third-order valence-corrected chi connectivity index (χ3v) is 3.52. The van der Waals surface area contributed by atoms with Crippen LogP contribution < -0.4 is 5.32 Å². The second-order valence-electron chi connectivity index (χ2n) is 4.77. The van der Waals surface area contributed by atoms with Gasteiger partial charge in [0.15, 0.2) is 5.82 Å². The van der Waals surface area contributed by atoms with Gasteiger partial charge in [0, 0.05) is 12.1 Å². The highest BCUT2D eigenvalue weighted by atomic mass is 15.6. The van der Waals surface area contributed by atoms with Crippen LogP contribution >= 0.6 is 0 Å². The Morgan fingerprint density at radius 3 is 2.62 bits per heavy atom. The van der Waals surface area contributed by atoms with E-state index in [0.717, 1.165) is 12.4 Å². The number of hydrogen-bond acceptors (Lipinski definition) is 5. The van der Waals surface area contributed by atoms with E-state index in [4.69, 9.17) is 0 Å². The minimum absolute atomic E-state index is 0.349. The molecule has 0 aliphatic heterocycles. The number of aryl methyl sites for hydroxylation is 1. The normalized spacial score (nSPS) is 18.8. The van der Waals surface area contributed by atoms with Gasteiger partial charge in [-0.25, -0.2) is 0 Å². The molecule has 0 bridgehead atoms. The highest BCUT2D eigenvalue weighted by Gasteiger charge is 2.38. The molecule has 1 aromatic rings. The number of hydrogen-bond donors (Lipinski definition) is 1. The highest BCUT2D eigenvalue weighted by molar-refractivity contribution is 4.97. The summed E-state index contributed by atoms with van der Waals surface area (Å²) in [5.74, 6) is 0.760. The number of nitrogens with one attached hydrogen (secondary N) is 1. The van der Waals surface area contributed by atoms with E-state index in [-0.39, 0.29) is 0 Å². The summed E-state index contributed by atoms with van der Waals surface area (Å²) in [6, 6.07) is 0. The first-order chi connectivity index (χ1) is 7.62. The summed E-state index contributed by atoms with van der Waals surface area (Å²) >= 11 is 0. The molecule has 0 unspecified atom stereocenters. The van der Waals surface area contributed by atoms with Crippen molar-refractivity contribution in [3.8, 4) is 0 Å². The zero-order valence-corrected chi connectivity index (χ0v) is 10.3. The number of tetrazole rings is 1. The molecule has 1 aromatic heterocycles. The Morgan fingerprint density at radius 1 is 1.44 bits per heavy atom. The molecular weight excluding hydrogens is 204 g/mol. The molecule has 1 N–H and O–H groups in total. The average Bonchev–Trinajstić information content (AvgIpc) is 2.55. The van der Waals surface area contributed by atoms with Gasteiger partial charge in [-0.05, 0) is 38.6 Å². The lowest BCUT2D eigenvalue weighted by atomic mass is 9.75. The summed E-state index contributed by atoms with van der Waals surface area (Å²) < 4.78 is 0. The lowest BCUT2D eigenvalue weighted by Gasteiger charge is -2.47. The molecule has 90 valence electrons. The highest BCUT2D eigenvalue weighted by Crippen LogP contribution is 2.35. The Kier molecular flexibility index (Phi) is 3.20. The van der Waals surface area contributed by atoms with Gasteiger partial charge in [-0.15, -0.1) is 10.2 Å². The van der Waals surface area contributed by atoms with E-state index < -0.39 is 0 Å². The predicted molar refractivity (Wildman–Crippen MR) is 60.8 cm³/mol. The van der Waals surface area contributed by atoms with Crippen molar-refractivity contribution < 1.29 is 0 Å². The smallest absolute Gasteiger partial charge is 0.188 e. The molecule has 0 spiro atoms. The van der Waals surface area contributed by atoms with Crippen LogP contribution in [0, 0.1) is 0 Å². The molecule has 1 fully saturated rings. The fourth-order valence-corrected chi connectivity index (χ4v) is 2.17. The van der Waals surface area contributed by atoms with E-state index in [1.54, 1.807) is 7.05 Å². The Labute approximate surface area is 96.0 Å². The molecule has 1 aliphatic carbocycles. The number of aromatic nitrogens is 4. The topological polar surface area (TPSA) is 58.9 Å². The minimum atomic E-state index is 0.349. The van der Waals surface area contributed by atoms with Crippen molar-refractivity contribution >= 4 is 0 Å². The fourth-order valence-electron chi connectivity index (χ4n) is 2.17. The summed E-state index contributed by atoms with van der Waals surface area (Å²) in [5.41, 5.74) is 0.349. The fraction of sp³-hybridized carbons (Fsp3) is 0.900. The molecule has 6 nitrogen and oxygen atoms in total.